The van der Waals surface area contributed by atoms with Gasteiger partial charge in [-0.25, -0.2) is 8.42 Å². The highest BCUT2D eigenvalue weighted by Gasteiger charge is 2.32. The fraction of sp³-hybridized carbons (Fsp3) is 0.417. The number of rotatable bonds is 8. The maximum atomic E-state index is 13.1. The van der Waals surface area contributed by atoms with E-state index in [2.05, 4.69) is 10.0 Å². The molecule has 0 radical (unpaired) electrons. The third-order valence-electron chi connectivity index (χ3n) is 5.77. The second kappa shape index (κ2) is 9.93. The quantitative estimate of drug-likeness (QED) is 0.613. The lowest BCUT2D eigenvalue weighted by Gasteiger charge is -2.22. The molecule has 0 spiro atoms. The number of anilines is 1. The molecule has 0 aromatic heterocycles. The normalized spacial score (nSPS) is 16.4. The smallest absolute Gasteiger partial charge is 0.241 e. The Kier molecular flexibility index (Phi) is 7.44. The van der Waals surface area contributed by atoms with Crippen molar-refractivity contribution in [3.05, 3.63) is 53.6 Å². The van der Waals surface area contributed by atoms with Crippen LogP contribution in [0.1, 0.15) is 38.8 Å². The van der Waals surface area contributed by atoms with Crippen LogP contribution >= 0.6 is 0 Å². The number of ether oxygens (including phenoxy) is 1. The fourth-order valence-corrected chi connectivity index (χ4v) is 5.42. The molecule has 178 valence electrons. The molecule has 0 saturated heterocycles. The van der Waals surface area contributed by atoms with Crippen LogP contribution in [0.25, 0.3) is 0 Å². The standard InChI is InChI=1S/C24H31N3O5S/c1-15(2)23(24(29)25-14-18-6-8-20(32-5)9-7-18)26-33(30,31)21-10-11-22-19(13-21)12-16(3)27(22)17(4)28/h6-11,13,15-16,23,26H,12,14H2,1-5H3,(H,25,29)/t16-,23+/m1/s1. The molecule has 0 fully saturated rings. The summed E-state index contributed by atoms with van der Waals surface area (Å²) in [5.74, 6) is -0.0309. The van der Waals surface area contributed by atoms with Gasteiger partial charge in [0.2, 0.25) is 21.8 Å². The van der Waals surface area contributed by atoms with Crippen molar-refractivity contribution in [2.75, 3.05) is 12.0 Å². The zero-order chi connectivity index (χ0) is 24.3. The second-order valence-corrected chi connectivity index (χ2v) is 10.4. The monoisotopic (exact) mass is 473 g/mol. The number of carbonyl (C=O) groups is 2. The molecule has 33 heavy (non-hydrogen) atoms. The molecule has 1 heterocycles. The number of hydrogen-bond acceptors (Lipinski definition) is 5. The maximum absolute atomic E-state index is 13.1. The Morgan fingerprint density at radius 1 is 1.15 bits per heavy atom. The van der Waals surface area contributed by atoms with E-state index in [4.69, 9.17) is 4.74 Å². The average Bonchev–Trinajstić information content (AvgIpc) is 3.11. The van der Waals surface area contributed by atoms with Gasteiger partial charge in [0.1, 0.15) is 11.8 Å². The number of fused-ring (bicyclic) bond motifs is 1. The van der Waals surface area contributed by atoms with Crippen LogP contribution < -0.4 is 19.7 Å². The molecule has 0 bridgehead atoms. The third-order valence-corrected chi connectivity index (χ3v) is 7.21. The Labute approximate surface area is 195 Å². The van der Waals surface area contributed by atoms with Gasteiger partial charge in [-0.2, -0.15) is 4.72 Å². The average molecular weight is 474 g/mol. The molecule has 9 heteroatoms. The van der Waals surface area contributed by atoms with Gasteiger partial charge in [0, 0.05) is 25.2 Å². The van der Waals surface area contributed by atoms with E-state index in [1.165, 1.54) is 13.0 Å². The molecule has 0 unspecified atom stereocenters. The van der Waals surface area contributed by atoms with Crippen molar-refractivity contribution < 1.29 is 22.7 Å². The van der Waals surface area contributed by atoms with Crippen LogP contribution in [-0.2, 0) is 32.6 Å². The lowest BCUT2D eigenvalue weighted by atomic mass is 10.0. The van der Waals surface area contributed by atoms with Crippen molar-refractivity contribution in [2.24, 2.45) is 5.92 Å². The van der Waals surface area contributed by atoms with Crippen molar-refractivity contribution in [3.63, 3.8) is 0 Å². The predicted octanol–water partition coefficient (Wildman–Crippen LogP) is 2.61. The van der Waals surface area contributed by atoms with E-state index in [0.29, 0.717) is 12.2 Å². The summed E-state index contributed by atoms with van der Waals surface area (Å²) in [7, 11) is -2.37. The van der Waals surface area contributed by atoms with Crippen LogP contribution in [0, 0.1) is 5.92 Å². The Bertz CT molecular complexity index is 1130. The minimum absolute atomic E-state index is 0.0319. The number of nitrogens with one attached hydrogen (secondary N) is 2. The van der Waals surface area contributed by atoms with Crippen LogP contribution in [0.2, 0.25) is 0 Å². The fourth-order valence-electron chi connectivity index (χ4n) is 4.02. The zero-order valence-electron chi connectivity index (χ0n) is 19.6. The second-order valence-electron chi connectivity index (χ2n) is 8.64. The van der Waals surface area contributed by atoms with Crippen molar-refractivity contribution in [1.82, 2.24) is 10.0 Å². The van der Waals surface area contributed by atoms with Gasteiger partial charge in [0.05, 0.1) is 12.0 Å². The SMILES string of the molecule is COc1ccc(CNC(=O)[C@@H](NS(=O)(=O)c2ccc3c(c2)C[C@@H](C)N3C(C)=O)C(C)C)cc1. The zero-order valence-corrected chi connectivity index (χ0v) is 20.4. The number of carbonyl (C=O) groups excluding carboxylic acids is 2. The molecular formula is C24H31N3O5S. The van der Waals surface area contributed by atoms with Gasteiger partial charge in [-0.1, -0.05) is 26.0 Å². The molecule has 2 N–H and O–H groups in total. The van der Waals surface area contributed by atoms with Crippen LogP contribution in [-0.4, -0.2) is 39.4 Å². The number of benzene rings is 2. The summed E-state index contributed by atoms with van der Waals surface area (Å²) in [6.45, 7) is 7.27. The van der Waals surface area contributed by atoms with E-state index in [0.717, 1.165) is 16.8 Å². The number of nitrogens with zero attached hydrogens (tertiary/aromatic N) is 1. The van der Waals surface area contributed by atoms with Crippen molar-refractivity contribution in [2.45, 2.75) is 57.6 Å². The summed E-state index contributed by atoms with van der Waals surface area (Å²) in [6.07, 6.45) is 0.578. The van der Waals surface area contributed by atoms with E-state index in [1.807, 2.05) is 19.1 Å². The van der Waals surface area contributed by atoms with Gasteiger partial charge in [-0.05, 0) is 60.7 Å². The maximum Gasteiger partial charge on any atom is 0.241 e. The van der Waals surface area contributed by atoms with Gasteiger partial charge in [-0.15, -0.1) is 0 Å². The van der Waals surface area contributed by atoms with Gasteiger partial charge in [0.15, 0.2) is 0 Å². The van der Waals surface area contributed by atoms with Crippen LogP contribution in [0.5, 0.6) is 5.75 Å². The molecule has 3 rings (SSSR count). The number of hydrogen-bond donors (Lipinski definition) is 2. The Morgan fingerprint density at radius 3 is 2.39 bits per heavy atom. The van der Waals surface area contributed by atoms with Crippen molar-refractivity contribution in [3.8, 4) is 5.75 Å². The molecule has 2 aromatic carbocycles. The Morgan fingerprint density at radius 2 is 1.82 bits per heavy atom. The van der Waals surface area contributed by atoms with Gasteiger partial charge in [0.25, 0.3) is 0 Å². The summed E-state index contributed by atoms with van der Waals surface area (Å²) in [5.41, 5.74) is 2.40. The minimum Gasteiger partial charge on any atom is -0.497 e. The molecule has 2 amide bonds. The third kappa shape index (κ3) is 5.54. The van der Waals surface area contributed by atoms with Gasteiger partial charge < -0.3 is 15.0 Å². The summed E-state index contributed by atoms with van der Waals surface area (Å²) in [4.78, 5) is 26.5. The van der Waals surface area contributed by atoms with Gasteiger partial charge >= 0.3 is 0 Å². The van der Waals surface area contributed by atoms with E-state index in [9.17, 15) is 18.0 Å². The summed E-state index contributed by atoms with van der Waals surface area (Å²) >= 11 is 0. The molecule has 0 saturated carbocycles. The van der Waals surface area contributed by atoms with Crippen LogP contribution in [0.3, 0.4) is 0 Å². The number of methoxy groups -OCH3 is 1. The lowest BCUT2D eigenvalue weighted by molar-refractivity contribution is -0.123. The molecule has 8 nitrogen and oxygen atoms in total. The van der Waals surface area contributed by atoms with E-state index < -0.39 is 22.0 Å². The summed E-state index contributed by atoms with van der Waals surface area (Å²) in [5, 5.41) is 2.81. The Balaban J connectivity index is 1.73. The molecule has 2 aromatic rings. The number of amides is 2. The molecule has 1 aliphatic heterocycles. The van der Waals surface area contributed by atoms with Gasteiger partial charge in [-0.3, -0.25) is 9.59 Å². The Hall–Kier alpha value is -2.91. The van der Waals surface area contributed by atoms with E-state index in [1.54, 1.807) is 50.1 Å². The predicted molar refractivity (Wildman–Crippen MR) is 127 cm³/mol. The van der Waals surface area contributed by atoms with Crippen molar-refractivity contribution >= 4 is 27.5 Å². The first-order chi connectivity index (χ1) is 15.5. The molecule has 2 atom stereocenters. The minimum atomic E-state index is -3.95. The molecule has 1 aliphatic rings. The molecule has 0 aliphatic carbocycles. The first-order valence-corrected chi connectivity index (χ1v) is 12.4. The van der Waals surface area contributed by atoms with E-state index >= 15 is 0 Å². The summed E-state index contributed by atoms with van der Waals surface area (Å²) < 4.78 is 33.9. The van der Waals surface area contributed by atoms with E-state index in [-0.39, 0.29) is 29.3 Å². The number of sulfonamides is 1. The molecular weight excluding hydrogens is 442 g/mol. The lowest BCUT2D eigenvalue weighted by Crippen LogP contribution is -2.49. The summed E-state index contributed by atoms with van der Waals surface area (Å²) in [6, 6.07) is 11.0. The largest absolute Gasteiger partial charge is 0.497 e. The highest BCUT2D eigenvalue weighted by atomic mass is 32.2. The highest BCUT2D eigenvalue weighted by molar-refractivity contribution is 7.89. The highest BCUT2D eigenvalue weighted by Crippen LogP contribution is 2.34. The topological polar surface area (TPSA) is 105 Å². The first kappa shape index (κ1) is 24.7. The van der Waals surface area contributed by atoms with Crippen LogP contribution in [0.4, 0.5) is 5.69 Å². The first-order valence-electron chi connectivity index (χ1n) is 10.9. The van der Waals surface area contributed by atoms with Crippen LogP contribution in [0.15, 0.2) is 47.4 Å². The van der Waals surface area contributed by atoms with Crippen molar-refractivity contribution in [1.29, 1.82) is 0 Å².